The van der Waals surface area contributed by atoms with Crippen molar-refractivity contribution < 1.29 is 4.74 Å². The first-order chi connectivity index (χ1) is 9.55. The summed E-state index contributed by atoms with van der Waals surface area (Å²) < 4.78 is 6.78. The minimum Gasteiger partial charge on any atom is -0.481 e. The third-order valence-electron chi connectivity index (χ3n) is 2.60. The van der Waals surface area contributed by atoms with E-state index in [-0.39, 0.29) is 0 Å². The van der Waals surface area contributed by atoms with Crippen LogP contribution in [0.15, 0.2) is 12.1 Å². The van der Waals surface area contributed by atoms with E-state index < -0.39 is 0 Å². The number of aromatic nitrogens is 3. The molecule has 7 nitrogen and oxygen atoms in total. The number of hydrogen-bond donors (Lipinski definition) is 3. The molecule has 0 unspecified atom stereocenters. The van der Waals surface area contributed by atoms with Crippen molar-refractivity contribution in [2.75, 3.05) is 17.9 Å². The first-order valence-corrected chi connectivity index (χ1v) is 6.44. The third kappa shape index (κ3) is 3.06. The van der Waals surface area contributed by atoms with E-state index in [1.54, 1.807) is 24.9 Å². The summed E-state index contributed by atoms with van der Waals surface area (Å²) in [4.78, 5) is 4.18. The Hall–Kier alpha value is -1.70. The quantitative estimate of drug-likeness (QED) is 0.577. The smallest absolute Gasteiger partial charge is 0.211 e. The lowest BCUT2D eigenvalue weighted by Gasteiger charge is -2.09. The molecule has 4 N–H and O–H groups in total. The van der Waals surface area contributed by atoms with Crippen molar-refractivity contribution in [3.63, 3.8) is 0 Å². The average Bonchev–Trinajstić information content (AvgIpc) is 2.78. The first kappa shape index (κ1) is 14.7. The van der Waals surface area contributed by atoms with Gasteiger partial charge in [0.2, 0.25) is 5.88 Å². The highest BCUT2D eigenvalue weighted by Gasteiger charge is 2.10. The molecular weight excluding hydrogens is 303 g/mol. The number of nitrogens with two attached hydrogens (primary N) is 1. The largest absolute Gasteiger partial charge is 0.481 e. The van der Waals surface area contributed by atoms with E-state index in [0.717, 1.165) is 5.69 Å². The molecule has 0 amide bonds. The van der Waals surface area contributed by atoms with Crippen molar-refractivity contribution in [2.45, 2.75) is 6.54 Å². The number of hydrazine groups is 1. The molecule has 0 aromatic carbocycles. The fourth-order valence-electron chi connectivity index (χ4n) is 1.65. The highest BCUT2D eigenvalue weighted by Crippen LogP contribution is 2.28. The highest BCUT2D eigenvalue weighted by atomic mass is 35.5. The Morgan fingerprint density at radius 1 is 1.30 bits per heavy atom. The molecule has 2 aromatic heterocycles. The molecule has 0 saturated carbocycles. The number of hydrogen-bond acceptors (Lipinski definition) is 6. The van der Waals surface area contributed by atoms with Gasteiger partial charge in [0.1, 0.15) is 5.82 Å². The lowest BCUT2D eigenvalue weighted by molar-refractivity contribution is 0.373. The fourth-order valence-corrected chi connectivity index (χ4v) is 2.13. The summed E-state index contributed by atoms with van der Waals surface area (Å²) in [6.07, 6.45) is 0. The molecule has 2 rings (SSSR count). The topological polar surface area (TPSA) is 90.0 Å². The summed E-state index contributed by atoms with van der Waals surface area (Å²) in [6, 6.07) is 3.38. The zero-order valence-electron chi connectivity index (χ0n) is 10.9. The minimum atomic E-state index is 0.345. The lowest BCUT2D eigenvalue weighted by atomic mass is 10.4. The summed E-state index contributed by atoms with van der Waals surface area (Å²) >= 11 is 12.0. The highest BCUT2D eigenvalue weighted by molar-refractivity contribution is 6.37. The maximum atomic E-state index is 6.06. The Balaban J connectivity index is 2.14. The van der Waals surface area contributed by atoms with Gasteiger partial charge in [-0.1, -0.05) is 23.2 Å². The Kier molecular flexibility index (Phi) is 4.53. The van der Waals surface area contributed by atoms with Gasteiger partial charge < -0.3 is 15.5 Å². The van der Waals surface area contributed by atoms with E-state index in [0.29, 0.717) is 34.1 Å². The van der Waals surface area contributed by atoms with Crippen LogP contribution in [0.1, 0.15) is 5.69 Å². The van der Waals surface area contributed by atoms with Gasteiger partial charge >= 0.3 is 0 Å². The summed E-state index contributed by atoms with van der Waals surface area (Å²) in [5, 5.41) is 8.09. The van der Waals surface area contributed by atoms with Gasteiger partial charge in [-0.25, -0.2) is 15.5 Å². The molecule has 0 aliphatic rings. The van der Waals surface area contributed by atoms with Crippen LogP contribution in [0.25, 0.3) is 0 Å². The molecule has 0 aliphatic heterocycles. The molecule has 0 spiro atoms. The van der Waals surface area contributed by atoms with Crippen LogP contribution in [0.3, 0.4) is 0 Å². The van der Waals surface area contributed by atoms with Gasteiger partial charge in [0.25, 0.3) is 0 Å². The van der Waals surface area contributed by atoms with Crippen LogP contribution >= 0.6 is 23.2 Å². The number of aryl methyl sites for hydroxylation is 1. The Morgan fingerprint density at radius 3 is 2.60 bits per heavy atom. The standard InChI is InChI=1S/C11H14Cl2N6O/c1-19-9(20-2)3-6(18-19)5-15-10-7(12)4-8(13)11(16-10)17-14/h3-4H,5,14H2,1-2H3,(H2,15,16,17). The van der Waals surface area contributed by atoms with Crippen molar-refractivity contribution in [1.29, 1.82) is 0 Å². The maximum Gasteiger partial charge on any atom is 0.211 e. The predicted molar refractivity (Wildman–Crippen MR) is 79.2 cm³/mol. The van der Waals surface area contributed by atoms with Crippen LogP contribution in [0.2, 0.25) is 10.0 Å². The number of methoxy groups -OCH3 is 1. The molecule has 0 aliphatic carbocycles. The van der Waals surface area contributed by atoms with Gasteiger partial charge in [-0.3, -0.25) is 0 Å². The Labute approximate surface area is 126 Å². The number of nitrogens with zero attached hydrogens (tertiary/aromatic N) is 3. The van der Waals surface area contributed by atoms with Crippen LogP contribution < -0.4 is 21.3 Å². The monoisotopic (exact) mass is 316 g/mol. The van der Waals surface area contributed by atoms with Crippen molar-refractivity contribution in [1.82, 2.24) is 14.8 Å². The third-order valence-corrected chi connectivity index (χ3v) is 3.18. The van der Waals surface area contributed by atoms with Gasteiger partial charge in [0.05, 0.1) is 29.4 Å². The van der Waals surface area contributed by atoms with Crippen molar-refractivity contribution >= 4 is 34.8 Å². The van der Waals surface area contributed by atoms with Crippen molar-refractivity contribution in [2.24, 2.45) is 12.9 Å². The molecule has 0 radical (unpaired) electrons. The second-order valence-corrected chi connectivity index (χ2v) is 4.76. The van der Waals surface area contributed by atoms with Crippen molar-refractivity contribution in [3.05, 3.63) is 27.9 Å². The van der Waals surface area contributed by atoms with E-state index in [1.807, 2.05) is 6.07 Å². The van der Waals surface area contributed by atoms with Crippen LogP contribution in [-0.4, -0.2) is 21.9 Å². The predicted octanol–water partition coefficient (Wildman–Crippen LogP) is 2.03. The summed E-state index contributed by atoms with van der Waals surface area (Å²) in [5.41, 5.74) is 3.19. The normalized spacial score (nSPS) is 10.4. The summed E-state index contributed by atoms with van der Waals surface area (Å²) in [5.74, 6) is 6.80. The van der Waals surface area contributed by atoms with Crippen LogP contribution in [0.4, 0.5) is 11.6 Å². The maximum absolute atomic E-state index is 6.06. The first-order valence-electron chi connectivity index (χ1n) is 5.68. The minimum absolute atomic E-state index is 0.345. The van der Waals surface area contributed by atoms with E-state index in [2.05, 4.69) is 20.8 Å². The molecule has 0 fully saturated rings. The van der Waals surface area contributed by atoms with Gasteiger partial charge in [0.15, 0.2) is 5.82 Å². The van der Waals surface area contributed by atoms with Crippen LogP contribution in [0, 0.1) is 0 Å². The average molecular weight is 317 g/mol. The van der Waals surface area contributed by atoms with E-state index in [1.165, 1.54) is 0 Å². The number of nitrogen functional groups attached to an aromatic ring is 1. The van der Waals surface area contributed by atoms with Gasteiger partial charge in [0, 0.05) is 13.1 Å². The van der Waals surface area contributed by atoms with Crippen LogP contribution in [-0.2, 0) is 13.6 Å². The SMILES string of the molecule is COc1cc(CNc2nc(NN)c(Cl)cc2Cl)nn1C. The van der Waals surface area contributed by atoms with Crippen LogP contribution in [0.5, 0.6) is 5.88 Å². The Bertz CT molecular complexity index is 615. The van der Waals surface area contributed by atoms with Gasteiger partial charge in [-0.2, -0.15) is 5.10 Å². The number of rotatable bonds is 5. The molecular formula is C11H14Cl2N6O. The molecule has 2 heterocycles. The van der Waals surface area contributed by atoms with E-state index >= 15 is 0 Å². The molecule has 0 atom stereocenters. The second-order valence-electron chi connectivity index (χ2n) is 3.95. The number of anilines is 2. The lowest BCUT2D eigenvalue weighted by Crippen LogP contribution is -2.11. The summed E-state index contributed by atoms with van der Waals surface area (Å²) in [6.45, 7) is 0.440. The number of pyridine rings is 1. The Morgan fingerprint density at radius 2 is 2.00 bits per heavy atom. The zero-order chi connectivity index (χ0) is 14.7. The van der Waals surface area contributed by atoms with Gasteiger partial charge in [-0.05, 0) is 6.07 Å². The number of ether oxygens (including phenoxy) is 1. The number of halogens is 2. The van der Waals surface area contributed by atoms with Crippen molar-refractivity contribution in [3.8, 4) is 5.88 Å². The second kappa shape index (κ2) is 6.17. The molecule has 108 valence electrons. The van der Waals surface area contributed by atoms with E-state index in [9.17, 15) is 0 Å². The molecule has 9 heteroatoms. The molecule has 0 bridgehead atoms. The number of nitrogens with one attached hydrogen (secondary N) is 2. The molecule has 0 saturated heterocycles. The fraction of sp³-hybridized carbons (Fsp3) is 0.273. The molecule has 2 aromatic rings. The summed E-state index contributed by atoms with van der Waals surface area (Å²) in [7, 11) is 3.39. The van der Waals surface area contributed by atoms with Gasteiger partial charge in [-0.15, -0.1) is 0 Å². The zero-order valence-corrected chi connectivity index (χ0v) is 12.5. The van der Waals surface area contributed by atoms with E-state index in [4.69, 9.17) is 33.8 Å². The molecule has 20 heavy (non-hydrogen) atoms.